The first-order valence-corrected chi connectivity index (χ1v) is 4.98. The van der Waals surface area contributed by atoms with E-state index in [4.69, 9.17) is 9.47 Å². The van der Waals surface area contributed by atoms with Crippen molar-refractivity contribution in [2.45, 2.75) is 47.1 Å². The Bertz CT molecular complexity index is 134. The van der Waals surface area contributed by atoms with Gasteiger partial charge in [-0.2, -0.15) is 0 Å². The van der Waals surface area contributed by atoms with E-state index in [2.05, 4.69) is 34.6 Å². The van der Waals surface area contributed by atoms with Crippen molar-refractivity contribution < 1.29 is 9.47 Å². The van der Waals surface area contributed by atoms with Gasteiger partial charge in [-0.25, -0.2) is 0 Å². The summed E-state index contributed by atoms with van der Waals surface area (Å²) in [5, 5.41) is 0. The molecule has 0 aromatic carbocycles. The molecule has 0 rings (SSSR count). The lowest BCUT2D eigenvalue weighted by Gasteiger charge is -2.29. The Morgan fingerprint density at radius 2 is 1.46 bits per heavy atom. The normalized spacial score (nSPS) is 13.4. The number of hydrogen-bond acceptors (Lipinski definition) is 2. The minimum atomic E-state index is -0.0521. The van der Waals surface area contributed by atoms with Gasteiger partial charge in [0.25, 0.3) is 0 Å². The average Bonchev–Trinajstić information content (AvgIpc) is 1.97. The smallest absolute Gasteiger partial charge is 0.0598 e. The van der Waals surface area contributed by atoms with Crippen LogP contribution in [0.3, 0.4) is 0 Å². The highest BCUT2D eigenvalue weighted by atomic mass is 16.5. The van der Waals surface area contributed by atoms with Gasteiger partial charge in [0.1, 0.15) is 0 Å². The predicted octanol–water partition coefficient (Wildman–Crippen LogP) is 2.86. The molecule has 0 aromatic heterocycles. The minimum absolute atomic E-state index is 0.0521. The van der Waals surface area contributed by atoms with Gasteiger partial charge in [0.15, 0.2) is 0 Å². The molecule has 0 aromatic rings. The van der Waals surface area contributed by atoms with Gasteiger partial charge in [-0.3, -0.25) is 0 Å². The number of rotatable bonds is 5. The molecule has 0 aliphatic heterocycles. The van der Waals surface area contributed by atoms with E-state index >= 15 is 0 Å². The predicted molar refractivity (Wildman–Crippen MR) is 56.0 cm³/mol. The third-order valence-corrected chi connectivity index (χ3v) is 1.59. The molecule has 0 radical (unpaired) electrons. The van der Waals surface area contributed by atoms with Crippen LogP contribution in [0.5, 0.6) is 0 Å². The molecule has 0 amide bonds. The summed E-state index contributed by atoms with van der Waals surface area (Å²) < 4.78 is 11.1. The van der Waals surface area contributed by atoms with Crippen LogP contribution < -0.4 is 0 Å². The van der Waals surface area contributed by atoms with Crippen LogP contribution in [0, 0.1) is 5.41 Å². The first-order chi connectivity index (χ1) is 5.77. The Kier molecular flexibility index (Phi) is 4.93. The topological polar surface area (TPSA) is 18.5 Å². The van der Waals surface area contributed by atoms with Gasteiger partial charge < -0.3 is 9.47 Å². The van der Waals surface area contributed by atoms with Crippen LogP contribution in [-0.2, 0) is 9.47 Å². The maximum atomic E-state index is 5.71. The summed E-state index contributed by atoms with van der Waals surface area (Å²) in [7, 11) is 0. The van der Waals surface area contributed by atoms with Crippen LogP contribution in [-0.4, -0.2) is 25.4 Å². The molecule has 0 saturated carbocycles. The summed E-state index contributed by atoms with van der Waals surface area (Å²) in [5.41, 5.74) is 0.0623. The molecule has 2 heteroatoms. The molecule has 2 nitrogen and oxygen atoms in total. The van der Waals surface area contributed by atoms with E-state index in [-0.39, 0.29) is 11.0 Å². The van der Waals surface area contributed by atoms with E-state index in [9.17, 15) is 0 Å². The van der Waals surface area contributed by atoms with Crippen LogP contribution in [0.4, 0.5) is 0 Å². The Labute approximate surface area is 82.6 Å². The van der Waals surface area contributed by atoms with E-state index < -0.39 is 0 Å². The maximum absolute atomic E-state index is 5.71. The number of ether oxygens (including phenoxy) is 2. The second-order valence-corrected chi connectivity index (χ2v) is 5.20. The van der Waals surface area contributed by atoms with Crippen LogP contribution in [0.2, 0.25) is 0 Å². The maximum Gasteiger partial charge on any atom is 0.0598 e. The van der Waals surface area contributed by atoms with E-state index in [1.807, 2.05) is 6.92 Å². The highest BCUT2D eigenvalue weighted by Gasteiger charge is 2.21. The Hall–Kier alpha value is -0.0800. The molecular weight excluding hydrogens is 164 g/mol. The van der Waals surface area contributed by atoms with Crippen LogP contribution >= 0.6 is 0 Å². The molecule has 0 spiro atoms. The van der Waals surface area contributed by atoms with Crippen molar-refractivity contribution in [1.29, 1.82) is 0 Å². The van der Waals surface area contributed by atoms with E-state index in [1.165, 1.54) is 0 Å². The second-order valence-electron chi connectivity index (χ2n) is 5.20. The monoisotopic (exact) mass is 188 g/mol. The van der Waals surface area contributed by atoms with Crippen molar-refractivity contribution in [3.8, 4) is 0 Å². The second kappa shape index (κ2) is 4.97. The zero-order chi connectivity index (χ0) is 10.5. The lowest BCUT2D eigenvalue weighted by Crippen LogP contribution is -2.31. The molecule has 13 heavy (non-hydrogen) atoms. The van der Waals surface area contributed by atoms with Crippen molar-refractivity contribution in [3.05, 3.63) is 0 Å². The fourth-order valence-electron chi connectivity index (χ4n) is 0.832. The molecule has 0 aliphatic rings. The van der Waals surface area contributed by atoms with E-state index in [0.717, 1.165) is 19.8 Å². The van der Waals surface area contributed by atoms with E-state index in [1.54, 1.807) is 0 Å². The zero-order valence-electron chi connectivity index (χ0n) is 9.94. The summed E-state index contributed by atoms with van der Waals surface area (Å²) in [6.07, 6.45) is 0. The molecule has 0 aliphatic carbocycles. The SMILES string of the molecule is CCOCC(C)(C)COC(C)(C)C. The summed E-state index contributed by atoms with van der Waals surface area (Å²) in [6.45, 7) is 14.8. The van der Waals surface area contributed by atoms with Crippen LogP contribution in [0.25, 0.3) is 0 Å². The fourth-order valence-corrected chi connectivity index (χ4v) is 0.832. The van der Waals surface area contributed by atoms with Gasteiger partial charge in [-0.15, -0.1) is 0 Å². The molecule has 0 N–H and O–H groups in total. The molecule has 80 valence electrons. The van der Waals surface area contributed by atoms with Crippen LogP contribution in [0.1, 0.15) is 41.5 Å². The highest BCUT2D eigenvalue weighted by molar-refractivity contribution is 4.69. The zero-order valence-corrected chi connectivity index (χ0v) is 9.94. The molecule has 0 atom stereocenters. The minimum Gasteiger partial charge on any atom is -0.381 e. The van der Waals surface area contributed by atoms with Gasteiger partial charge in [0.2, 0.25) is 0 Å². The summed E-state index contributed by atoms with van der Waals surface area (Å²) in [5.74, 6) is 0. The standard InChI is InChI=1S/C11H24O2/c1-7-12-8-11(5,6)9-13-10(2,3)4/h7-9H2,1-6H3. The van der Waals surface area contributed by atoms with Crippen LogP contribution in [0.15, 0.2) is 0 Å². The fraction of sp³-hybridized carbons (Fsp3) is 1.00. The third kappa shape index (κ3) is 8.26. The van der Waals surface area contributed by atoms with Crippen molar-refractivity contribution >= 4 is 0 Å². The number of hydrogen-bond donors (Lipinski definition) is 0. The first kappa shape index (κ1) is 12.9. The summed E-state index contributed by atoms with van der Waals surface area (Å²) in [4.78, 5) is 0. The van der Waals surface area contributed by atoms with Gasteiger partial charge in [0.05, 0.1) is 18.8 Å². The van der Waals surface area contributed by atoms with Crippen molar-refractivity contribution in [1.82, 2.24) is 0 Å². The van der Waals surface area contributed by atoms with Crippen molar-refractivity contribution in [3.63, 3.8) is 0 Å². The van der Waals surface area contributed by atoms with Gasteiger partial charge in [-0.1, -0.05) is 13.8 Å². The summed E-state index contributed by atoms with van der Waals surface area (Å²) in [6, 6.07) is 0. The Morgan fingerprint density at radius 1 is 0.923 bits per heavy atom. The molecular formula is C11H24O2. The summed E-state index contributed by atoms with van der Waals surface area (Å²) >= 11 is 0. The first-order valence-electron chi connectivity index (χ1n) is 4.98. The lowest BCUT2D eigenvalue weighted by molar-refractivity contribution is -0.0654. The molecule has 0 unspecified atom stereocenters. The van der Waals surface area contributed by atoms with Crippen molar-refractivity contribution in [2.24, 2.45) is 5.41 Å². The Morgan fingerprint density at radius 3 is 1.85 bits per heavy atom. The average molecular weight is 188 g/mol. The molecule has 0 saturated heterocycles. The molecule has 0 fully saturated rings. The molecule has 0 heterocycles. The lowest BCUT2D eigenvalue weighted by atomic mass is 9.96. The van der Waals surface area contributed by atoms with Gasteiger partial charge in [0, 0.05) is 12.0 Å². The quantitative estimate of drug-likeness (QED) is 0.660. The van der Waals surface area contributed by atoms with Gasteiger partial charge >= 0.3 is 0 Å². The van der Waals surface area contributed by atoms with E-state index in [0.29, 0.717) is 0 Å². The highest BCUT2D eigenvalue weighted by Crippen LogP contribution is 2.19. The Balaban J connectivity index is 3.75. The largest absolute Gasteiger partial charge is 0.381 e. The van der Waals surface area contributed by atoms with Gasteiger partial charge in [-0.05, 0) is 27.7 Å². The van der Waals surface area contributed by atoms with Crippen molar-refractivity contribution in [2.75, 3.05) is 19.8 Å². The third-order valence-electron chi connectivity index (χ3n) is 1.59. The molecule has 0 bridgehead atoms.